The van der Waals surface area contributed by atoms with Gasteiger partial charge in [-0.15, -0.1) is 0 Å². The van der Waals surface area contributed by atoms with Crippen LogP contribution in [0.4, 0.5) is 19.0 Å². The van der Waals surface area contributed by atoms with Crippen LogP contribution in [0.5, 0.6) is 0 Å². The number of pyridine rings is 1. The summed E-state index contributed by atoms with van der Waals surface area (Å²) in [7, 11) is 1.80. The second-order valence-corrected chi connectivity index (χ2v) is 5.78. The molecule has 1 aliphatic rings. The summed E-state index contributed by atoms with van der Waals surface area (Å²) in [4.78, 5) is 5.51. The van der Waals surface area contributed by atoms with Crippen molar-refractivity contribution in [3.05, 3.63) is 41.9 Å². The Labute approximate surface area is 131 Å². The maximum Gasteiger partial charge on any atom is 0.433 e. The van der Waals surface area contributed by atoms with E-state index in [-0.39, 0.29) is 24.3 Å². The van der Waals surface area contributed by atoms with Crippen LogP contribution in [-0.2, 0) is 13.2 Å². The summed E-state index contributed by atoms with van der Waals surface area (Å²) in [6.45, 7) is 0.935. The van der Waals surface area contributed by atoms with Crippen LogP contribution in [0.25, 0.3) is 0 Å². The van der Waals surface area contributed by atoms with Crippen LogP contribution in [0.1, 0.15) is 17.2 Å². The van der Waals surface area contributed by atoms with Gasteiger partial charge in [-0.25, -0.2) is 4.98 Å². The summed E-state index contributed by atoms with van der Waals surface area (Å²) in [6, 6.07) is 3.88. The smallest absolute Gasteiger partial charge is 0.396 e. The first-order valence-electron chi connectivity index (χ1n) is 7.27. The molecule has 2 aromatic heterocycles. The number of hydrogen-bond acceptors (Lipinski definition) is 4. The number of aliphatic hydroxyl groups is 1. The number of nitrogens with zero attached hydrogens (tertiary/aromatic N) is 4. The van der Waals surface area contributed by atoms with E-state index in [1.807, 2.05) is 6.20 Å². The third-order valence-electron chi connectivity index (χ3n) is 4.18. The number of hydrogen-bond donors (Lipinski definition) is 1. The largest absolute Gasteiger partial charge is 0.433 e. The van der Waals surface area contributed by atoms with E-state index in [2.05, 4.69) is 10.1 Å². The lowest BCUT2D eigenvalue weighted by atomic mass is 9.92. The van der Waals surface area contributed by atoms with Crippen LogP contribution >= 0.6 is 0 Å². The third-order valence-corrected chi connectivity index (χ3v) is 4.18. The Balaban J connectivity index is 1.85. The van der Waals surface area contributed by atoms with Gasteiger partial charge in [0.05, 0.1) is 6.20 Å². The van der Waals surface area contributed by atoms with Crippen LogP contribution in [-0.4, -0.2) is 39.6 Å². The average molecular weight is 326 g/mol. The molecule has 0 aromatic carbocycles. The maximum atomic E-state index is 12.8. The minimum Gasteiger partial charge on any atom is -0.396 e. The summed E-state index contributed by atoms with van der Waals surface area (Å²) in [5.74, 6) is 0.241. The Morgan fingerprint density at radius 2 is 2.09 bits per heavy atom. The fraction of sp³-hybridized carbons (Fsp3) is 0.467. The van der Waals surface area contributed by atoms with Crippen molar-refractivity contribution in [2.75, 3.05) is 24.6 Å². The zero-order valence-electron chi connectivity index (χ0n) is 12.5. The summed E-state index contributed by atoms with van der Waals surface area (Å²) in [6.07, 6.45) is -0.859. The van der Waals surface area contributed by atoms with Gasteiger partial charge in [-0.1, -0.05) is 6.07 Å². The van der Waals surface area contributed by atoms with Gasteiger partial charge in [0, 0.05) is 44.8 Å². The number of halogens is 3. The van der Waals surface area contributed by atoms with Crippen molar-refractivity contribution in [3.63, 3.8) is 0 Å². The Morgan fingerprint density at radius 1 is 1.30 bits per heavy atom. The van der Waals surface area contributed by atoms with E-state index in [4.69, 9.17) is 0 Å². The highest BCUT2D eigenvalue weighted by Crippen LogP contribution is 2.35. The van der Waals surface area contributed by atoms with Gasteiger partial charge in [0.25, 0.3) is 0 Å². The van der Waals surface area contributed by atoms with Crippen molar-refractivity contribution in [1.82, 2.24) is 14.8 Å². The molecule has 0 saturated carbocycles. The number of alkyl halides is 3. The molecule has 0 unspecified atom stereocenters. The predicted molar refractivity (Wildman–Crippen MR) is 78.0 cm³/mol. The number of anilines is 1. The number of rotatable bonds is 3. The molecule has 0 radical (unpaired) electrons. The molecule has 0 bridgehead atoms. The van der Waals surface area contributed by atoms with Crippen molar-refractivity contribution in [1.29, 1.82) is 0 Å². The van der Waals surface area contributed by atoms with Crippen LogP contribution in [0.2, 0.25) is 0 Å². The first-order chi connectivity index (χ1) is 10.9. The van der Waals surface area contributed by atoms with Gasteiger partial charge in [-0.3, -0.25) is 4.68 Å². The second-order valence-electron chi connectivity index (χ2n) is 5.78. The van der Waals surface area contributed by atoms with Crippen molar-refractivity contribution in [3.8, 4) is 0 Å². The Morgan fingerprint density at radius 3 is 2.70 bits per heavy atom. The monoisotopic (exact) mass is 326 g/mol. The molecule has 3 rings (SSSR count). The molecule has 2 aromatic rings. The maximum absolute atomic E-state index is 12.8. The number of aromatic nitrogens is 3. The zero-order chi connectivity index (χ0) is 16.6. The Hall–Kier alpha value is -2.09. The lowest BCUT2D eigenvalue weighted by Crippen LogP contribution is -2.22. The molecule has 0 aliphatic carbocycles. The normalized spacial score (nSPS) is 21.9. The van der Waals surface area contributed by atoms with Crippen LogP contribution in [0.15, 0.2) is 30.6 Å². The van der Waals surface area contributed by atoms with E-state index in [1.165, 1.54) is 6.07 Å². The molecule has 1 aliphatic heterocycles. The minimum absolute atomic E-state index is 0.0186. The lowest BCUT2D eigenvalue weighted by Gasteiger charge is -2.18. The summed E-state index contributed by atoms with van der Waals surface area (Å²) in [5.41, 5.74) is 0.0707. The van der Waals surface area contributed by atoms with E-state index < -0.39 is 11.9 Å². The van der Waals surface area contributed by atoms with Gasteiger partial charge in [0.15, 0.2) is 0 Å². The van der Waals surface area contributed by atoms with E-state index in [0.29, 0.717) is 13.1 Å². The molecule has 0 amide bonds. The van der Waals surface area contributed by atoms with Crippen LogP contribution in [0, 0.1) is 5.92 Å². The van der Waals surface area contributed by atoms with Crippen molar-refractivity contribution in [2.45, 2.75) is 12.1 Å². The molecule has 3 heterocycles. The lowest BCUT2D eigenvalue weighted by molar-refractivity contribution is -0.141. The van der Waals surface area contributed by atoms with E-state index in [9.17, 15) is 18.3 Å². The Bertz CT molecular complexity index is 685. The van der Waals surface area contributed by atoms with Gasteiger partial charge in [-0.05, 0) is 17.7 Å². The van der Waals surface area contributed by atoms with Crippen LogP contribution < -0.4 is 4.90 Å². The van der Waals surface area contributed by atoms with Crippen molar-refractivity contribution >= 4 is 5.82 Å². The van der Waals surface area contributed by atoms with E-state index in [0.717, 1.165) is 11.6 Å². The molecule has 1 N–H and O–H groups in total. The van der Waals surface area contributed by atoms with Crippen molar-refractivity contribution < 1.29 is 18.3 Å². The topological polar surface area (TPSA) is 54.2 Å². The van der Waals surface area contributed by atoms with Crippen molar-refractivity contribution in [2.24, 2.45) is 13.0 Å². The number of aryl methyl sites for hydroxylation is 1. The van der Waals surface area contributed by atoms with Gasteiger partial charge in [-0.2, -0.15) is 18.3 Å². The fourth-order valence-electron chi connectivity index (χ4n) is 3.01. The standard InChI is InChI=1S/C15H17F3N4O/c1-21-6-10(5-19-21)12-8-22(7-11(12)9-23)14-4-2-3-13(20-14)15(16,17)18/h2-6,11-12,23H,7-9H2,1H3/t11-,12-/m0/s1. The van der Waals surface area contributed by atoms with E-state index >= 15 is 0 Å². The first kappa shape index (κ1) is 15.8. The highest BCUT2D eigenvalue weighted by Gasteiger charge is 2.37. The molecular weight excluding hydrogens is 309 g/mol. The molecular formula is C15H17F3N4O. The molecule has 1 saturated heterocycles. The Kier molecular flexibility index (Phi) is 4.01. The summed E-state index contributed by atoms with van der Waals surface area (Å²) >= 11 is 0. The van der Waals surface area contributed by atoms with Crippen LogP contribution in [0.3, 0.4) is 0 Å². The van der Waals surface area contributed by atoms with Gasteiger partial charge < -0.3 is 10.0 Å². The average Bonchev–Trinajstić information content (AvgIpc) is 3.12. The summed E-state index contributed by atoms with van der Waals surface area (Å²) < 4.78 is 40.1. The molecule has 5 nitrogen and oxygen atoms in total. The molecule has 23 heavy (non-hydrogen) atoms. The predicted octanol–water partition coefficient (Wildman–Crippen LogP) is 2.05. The highest BCUT2D eigenvalue weighted by molar-refractivity contribution is 5.43. The fourth-order valence-corrected chi connectivity index (χ4v) is 3.01. The van der Waals surface area contributed by atoms with Gasteiger partial charge in [0.1, 0.15) is 11.5 Å². The molecule has 2 atom stereocenters. The molecule has 1 fully saturated rings. The minimum atomic E-state index is -4.46. The first-order valence-corrected chi connectivity index (χ1v) is 7.27. The number of aliphatic hydroxyl groups excluding tert-OH is 1. The molecule has 124 valence electrons. The van der Waals surface area contributed by atoms with Gasteiger partial charge >= 0.3 is 6.18 Å². The molecule has 8 heteroatoms. The third kappa shape index (κ3) is 3.17. The molecule has 0 spiro atoms. The van der Waals surface area contributed by atoms with E-state index in [1.54, 1.807) is 28.9 Å². The second kappa shape index (κ2) is 5.84. The van der Waals surface area contributed by atoms with Gasteiger partial charge in [0.2, 0.25) is 0 Å². The quantitative estimate of drug-likeness (QED) is 0.938. The SMILES string of the molecule is Cn1cc([C@@H]2CN(c3cccc(C(F)(F)F)n3)C[C@H]2CO)cn1. The summed E-state index contributed by atoms with van der Waals surface area (Å²) in [5, 5.41) is 13.7. The zero-order valence-corrected chi connectivity index (χ0v) is 12.5. The highest BCUT2D eigenvalue weighted by atomic mass is 19.4.